The third-order valence-corrected chi connectivity index (χ3v) is 9.32. The molecule has 0 spiro atoms. The van der Waals surface area contributed by atoms with Gasteiger partial charge in [0, 0.05) is 14.7 Å². The number of hydrogen-bond donors (Lipinski definition) is 0. The van der Waals surface area contributed by atoms with E-state index in [0.29, 0.717) is 0 Å². The fourth-order valence-corrected chi connectivity index (χ4v) is 8.04. The van der Waals surface area contributed by atoms with Gasteiger partial charge in [0.25, 0.3) is 0 Å². The third kappa shape index (κ3) is 4.89. The highest BCUT2D eigenvalue weighted by Crippen LogP contribution is 2.69. The summed E-state index contributed by atoms with van der Waals surface area (Å²) in [5.74, 6) is 0. The van der Waals surface area contributed by atoms with Crippen LogP contribution < -0.4 is 0 Å². The highest BCUT2D eigenvalue weighted by molar-refractivity contribution is 8.32. The normalized spacial score (nSPS) is 12.4. The zero-order valence-corrected chi connectivity index (χ0v) is 18.3. The molecule has 31 heavy (non-hydrogen) atoms. The third-order valence-electron chi connectivity index (χ3n) is 4.62. The molecule has 0 amide bonds. The van der Waals surface area contributed by atoms with Crippen molar-refractivity contribution >= 4 is 20.7 Å². The summed E-state index contributed by atoms with van der Waals surface area (Å²) < 4.78 is 37.6. The summed E-state index contributed by atoms with van der Waals surface area (Å²) in [6.45, 7) is -0.100. The molecule has 0 aliphatic rings. The van der Waals surface area contributed by atoms with Gasteiger partial charge in [0.05, 0.1) is 6.61 Å². The summed E-state index contributed by atoms with van der Waals surface area (Å²) in [5, 5.41) is 0. The minimum absolute atomic E-state index is 0.100. The van der Waals surface area contributed by atoms with Crippen LogP contribution in [0.1, 0.15) is 5.56 Å². The molecule has 4 rings (SSSR count). The second kappa shape index (κ2) is 9.49. The predicted octanol–water partition coefficient (Wildman–Crippen LogP) is 6.36. The van der Waals surface area contributed by atoms with E-state index in [-0.39, 0.29) is 6.61 Å². The Balaban J connectivity index is 1.82. The van der Waals surface area contributed by atoms with E-state index in [9.17, 15) is 8.42 Å². The summed E-state index contributed by atoms with van der Waals surface area (Å²) in [4.78, 5) is 2.29. The Labute approximate surface area is 185 Å². The lowest BCUT2D eigenvalue weighted by Gasteiger charge is -2.38. The number of hydrogen-bond acceptors (Lipinski definition) is 4. The van der Waals surface area contributed by atoms with Crippen molar-refractivity contribution in [3.8, 4) is 0 Å². The van der Waals surface area contributed by atoms with Crippen LogP contribution in [0.25, 0.3) is 0 Å². The van der Waals surface area contributed by atoms with Gasteiger partial charge >= 0.3 is 10.4 Å². The summed E-state index contributed by atoms with van der Waals surface area (Å²) in [6, 6.07) is 37.4. The van der Waals surface area contributed by atoms with Gasteiger partial charge in [-0.3, -0.25) is 0 Å². The Morgan fingerprint density at radius 1 is 0.516 bits per heavy atom. The molecule has 0 N–H and O–H groups in total. The van der Waals surface area contributed by atoms with Crippen LogP contribution in [-0.2, 0) is 24.8 Å². The van der Waals surface area contributed by atoms with Crippen molar-refractivity contribution < 1.29 is 16.2 Å². The van der Waals surface area contributed by atoms with Gasteiger partial charge in [0.1, 0.15) is 0 Å². The highest BCUT2D eigenvalue weighted by Gasteiger charge is 2.38. The fourth-order valence-electron chi connectivity index (χ4n) is 3.22. The summed E-state index contributed by atoms with van der Waals surface area (Å²) >= 11 is 0. The molecule has 4 aromatic carbocycles. The molecule has 0 aliphatic carbocycles. The largest absolute Gasteiger partial charge is 0.410 e. The van der Waals surface area contributed by atoms with Gasteiger partial charge in [-0.25, -0.2) is 4.18 Å². The Bertz CT molecular complexity index is 1100. The topological polar surface area (TPSA) is 52.6 Å². The maximum absolute atomic E-state index is 13.1. The highest BCUT2D eigenvalue weighted by atomic mass is 32.3. The summed E-state index contributed by atoms with van der Waals surface area (Å²) in [7, 11) is -6.95. The van der Waals surface area contributed by atoms with E-state index in [4.69, 9.17) is 7.81 Å². The quantitative estimate of drug-likeness (QED) is 0.313. The van der Waals surface area contributed by atoms with E-state index in [1.165, 1.54) is 0 Å². The maximum atomic E-state index is 13.1. The van der Waals surface area contributed by atoms with Gasteiger partial charge in [-0.1, -0.05) is 84.9 Å². The van der Waals surface area contributed by atoms with Crippen molar-refractivity contribution in [1.29, 1.82) is 0 Å². The van der Waals surface area contributed by atoms with Crippen LogP contribution in [0.4, 0.5) is 0 Å². The van der Waals surface area contributed by atoms with Gasteiger partial charge < -0.3 is 0 Å². The van der Waals surface area contributed by atoms with E-state index in [0.717, 1.165) is 20.2 Å². The molecule has 4 nitrogen and oxygen atoms in total. The first-order valence-corrected chi connectivity index (χ1v) is 12.6. The number of rotatable bonds is 8. The first-order valence-electron chi connectivity index (χ1n) is 9.73. The van der Waals surface area contributed by atoms with E-state index >= 15 is 0 Å². The van der Waals surface area contributed by atoms with E-state index in [1.807, 2.05) is 109 Å². The predicted molar refractivity (Wildman–Crippen MR) is 123 cm³/mol. The van der Waals surface area contributed by atoms with Gasteiger partial charge in [0.2, 0.25) is 0 Å². The van der Waals surface area contributed by atoms with Crippen molar-refractivity contribution in [1.82, 2.24) is 0 Å². The molecule has 0 saturated heterocycles. The molecule has 158 valence electrons. The minimum atomic E-state index is -4.34. The molecule has 0 heterocycles. The van der Waals surface area contributed by atoms with E-state index in [2.05, 4.69) is 0 Å². The van der Waals surface area contributed by atoms with E-state index < -0.39 is 20.7 Å². The van der Waals surface area contributed by atoms with Gasteiger partial charge in [0.15, 0.2) is 0 Å². The first-order chi connectivity index (χ1) is 15.1. The summed E-state index contributed by atoms with van der Waals surface area (Å²) in [5.41, 5.74) is 0.745. The van der Waals surface area contributed by atoms with Gasteiger partial charge in [-0.2, -0.15) is 12.0 Å². The zero-order valence-electron chi connectivity index (χ0n) is 16.7. The second-order valence-electron chi connectivity index (χ2n) is 6.72. The minimum Gasteiger partial charge on any atom is -0.243 e. The van der Waals surface area contributed by atoms with Crippen LogP contribution in [0.3, 0.4) is 0 Å². The van der Waals surface area contributed by atoms with Crippen LogP contribution in [0, 0.1) is 0 Å². The molecule has 0 fully saturated rings. The van der Waals surface area contributed by atoms with Gasteiger partial charge in [-0.15, -0.1) is 0 Å². The average molecular weight is 451 g/mol. The molecule has 6 heteroatoms. The lowest BCUT2D eigenvalue weighted by atomic mass is 10.2. The Morgan fingerprint density at radius 2 is 0.871 bits per heavy atom. The molecule has 0 radical (unpaired) electrons. The molecule has 0 saturated carbocycles. The molecule has 0 unspecified atom stereocenters. The van der Waals surface area contributed by atoms with Crippen LogP contribution in [-0.4, -0.2) is 8.42 Å². The molecule has 4 aromatic rings. The van der Waals surface area contributed by atoms with Crippen LogP contribution in [0.5, 0.6) is 0 Å². The summed E-state index contributed by atoms with van der Waals surface area (Å²) in [6.07, 6.45) is 0. The average Bonchev–Trinajstić information content (AvgIpc) is 2.84. The SMILES string of the molecule is O=S(=O)(OCc1ccccc1)OS(c1ccccc1)(c1ccccc1)c1ccccc1. The first kappa shape index (κ1) is 21.3. The van der Waals surface area contributed by atoms with Crippen molar-refractivity contribution in [3.63, 3.8) is 0 Å². The molecule has 0 aliphatic heterocycles. The smallest absolute Gasteiger partial charge is 0.243 e. The monoisotopic (exact) mass is 450 g/mol. The van der Waals surface area contributed by atoms with E-state index in [1.54, 1.807) is 12.1 Å². The fraction of sp³-hybridized carbons (Fsp3) is 0.0400. The Morgan fingerprint density at radius 3 is 1.26 bits per heavy atom. The van der Waals surface area contributed by atoms with Crippen LogP contribution >= 0.6 is 10.3 Å². The molecular weight excluding hydrogens is 428 g/mol. The lowest BCUT2D eigenvalue weighted by Crippen LogP contribution is -2.16. The van der Waals surface area contributed by atoms with Crippen LogP contribution in [0.15, 0.2) is 136 Å². The van der Waals surface area contributed by atoms with Crippen molar-refractivity contribution in [2.24, 2.45) is 0 Å². The van der Waals surface area contributed by atoms with Crippen molar-refractivity contribution in [2.45, 2.75) is 21.3 Å². The standard InChI is InChI=1S/C25H22O4S2/c26-31(27,28-21-22-13-5-1-6-14-22)29-30(23-15-7-2-8-16-23,24-17-9-3-10-18-24)25-19-11-4-12-20-25/h1-20H,21H2. The molecule has 0 aromatic heterocycles. The molecule has 0 bridgehead atoms. The van der Waals surface area contributed by atoms with Crippen LogP contribution in [0.2, 0.25) is 0 Å². The molecular formula is C25H22O4S2. The lowest BCUT2D eigenvalue weighted by molar-refractivity contribution is 0.269. The zero-order chi connectivity index (χ0) is 21.6. The number of benzene rings is 4. The van der Waals surface area contributed by atoms with Crippen molar-refractivity contribution in [2.75, 3.05) is 0 Å². The Hall–Kier alpha value is -2.90. The maximum Gasteiger partial charge on any atom is 0.410 e. The van der Waals surface area contributed by atoms with Gasteiger partial charge in [-0.05, 0) is 52.3 Å². The molecule has 0 atom stereocenters. The second-order valence-corrected chi connectivity index (χ2v) is 10.8. The van der Waals surface area contributed by atoms with Crippen molar-refractivity contribution in [3.05, 3.63) is 127 Å². The Kier molecular flexibility index (Phi) is 6.53.